The number of ether oxygens (including phenoxy) is 1. The molecule has 1 atom stereocenters. The molecule has 0 fully saturated rings. The van der Waals surface area contributed by atoms with Crippen LogP contribution in [0.25, 0.3) is 0 Å². The highest BCUT2D eigenvalue weighted by Gasteiger charge is 2.22. The number of unbranched alkanes of at least 4 members (excludes halogenated alkanes) is 6. The van der Waals surface area contributed by atoms with Gasteiger partial charge in [-0.25, -0.2) is 0 Å². The summed E-state index contributed by atoms with van der Waals surface area (Å²) >= 11 is 0. The predicted octanol–water partition coefficient (Wildman–Crippen LogP) is 2.83. The van der Waals surface area contributed by atoms with Gasteiger partial charge >= 0.3 is 5.97 Å². The van der Waals surface area contributed by atoms with Crippen LogP contribution in [-0.4, -0.2) is 50.2 Å². The SMILES string of the molecule is CCCCCCC/C=C/CCCC(=O)OC(CC(=O)[O-])C[N+](C)(C)C. The number of hydrogen-bond donors (Lipinski definition) is 0. The van der Waals surface area contributed by atoms with Gasteiger partial charge in [0.2, 0.25) is 0 Å². The van der Waals surface area contributed by atoms with E-state index in [-0.39, 0.29) is 12.4 Å². The van der Waals surface area contributed by atoms with Gasteiger partial charge in [-0.1, -0.05) is 44.8 Å². The van der Waals surface area contributed by atoms with Gasteiger partial charge in [0.15, 0.2) is 6.10 Å². The Morgan fingerprint density at radius 1 is 1.00 bits per heavy atom. The third-order valence-corrected chi connectivity index (χ3v) is 3.84. The summed E-state index contributed by atoms with van der Waals surface area (Å²) in [5, 5.41) is 10.8. The fourth-order valence-corrected chi connectivity index (χ4v) is 2.65. The number of carboxylic acids is 1. The first-order valence-corrected chi connectivity index (χ1v) is 9.59. The quantitative estimate of drug-likeness (QED) is 0.196. The maximum Gasteiger partial charge on any atom is 0.306 e. The summed E-state index contributed by atoms with van der Waals surface area (Å²) in [7, 11) is 5.80. The van der Waals surface area contributed by atoms with Crippen LogP contribution >= 0.6 is 0 Å². The molecule has 0 saturated carbocycles. The molecule has 0 aromatic carbocycles. The first kappa shape index (κ1) is 23.6. The third-order valence-electron chi connectivity index (χ3n) is 3.84. The fraction of sp³-hybridized carbons (Fsp3) is 0.800. The lowest BCUT2D eigenvalue weighted by atomic mass is 10.1. The molecule has 0 aliphatic rings. The molecule has 5 nitrogen and oxygen atoms in total. The van der Waals surface area contributed by atoms with E-state index in [1.54, 1.807) is 0 Å². The molecule has 0 aliphatic heterocycles. The molecule has 0 amide bonds. The second kappa shape index (κ2) is 13.9. The fourth-order valence-electron chi connectivity index (χ4n) is 2.65. The Morgan fingerprint density at radius 3 is 2.16 bits per heavy atom. The van der Waals surface area contributed by atoms with Crippen LogP contribution in [0, 0.1) is 0 Å². The number of carbonyl (C=O) groups excluding carboxylic acids is 2. The number of carbonyl (C=O) groups is 2. The van der Waals surface area contributed by atoms with Gasteiger partial charge in [-0.05, 0) is 25.7 Å². The molecule has 1 unspecified atom stereocenters. The topological polar surface area (TPSA) is 66.4 Å². The van der Waals surface area contributed by atoms with E-state index in [0.717, 1.165) is 19.3 Å². The van der Waals surface area contributed by atoms with Crippen LogP contribution in [0.15, 0.2) is 12.2 Å². The van der Waals surface area contributed by atoms with Crippen LogP contribution in [0.5, 0.6) is 0 Å². The molecule has 0 heterocycles. The van der Waals surface area contributed by atoms with Gasteiger partial charge in [0, 0.05) is 18.8 Å². The summed E-state index contributed by atoms with van der Waals surface area (Å²) in [6.45, 7) is 2.67. The average Bonchev–Trinajstić information content (AvgIpc) is 2.46. The molecule has 0 rings (SSSR count). The largest absolute Gasteiger partial charge is 0.550 e. The van der Waals surface area contributed by atoms with Gasteiger partial charge in [0.05, 0.1) is 21.1 Å². The van der Waals surface area contributed by atoms with Crippen LogP contribution in [0.3, 0.4) is 0 Å². The number of nitrogens with zero attached hydrogens (tertiary/aromatic N) is 1. The van der Waals surface area contributed by atoms with Crippen molar-refractivity contribution >= 4 is 11.9 Å². The van der Waals surface area contributed by atoms with E-state index in [2.05, 4.69) is 19.1 Å². The number of aliphatic carboxylic acids is 1. The van der Waals surface area contributed by atoms with Crippen molar-refractivity contribution < 1.29 is 23.9 Å². The molecule has 25 heavy (non-hydrogen) atoms. The Labute approximate surface area is 153 Å². The zero-order valence-corrected chi connectivity index (χ0v) is 16.6. The molecule has 0 radical (unpaired) electrons. The second-order valence-corrected chi connectivity index (χ2v) is 7.73. The van der Waals surface area contributed by atoms with Gasteiger partial charge in [-0.3, -0.25) is 4.79 Å². The molecule has 0 aromatic heterocycles. The van der Waals surface area contributed by atoms with E-state index in [1.807, 2.05) is 21.1 Å². The minimum Gasteiger partial charge on any atom is -0.550 e. The van der Waals surface area contributed by atoms with Gasteiger partial charge in [-0.2, -0.15) is 0 Å². The number of carboxylic acid groups (broad SMARTS) is 1. The number of allylic oxidation sites excluding steroid dienone is 2. The number of rotatable bonds is 15. The highest BCUT2D eigenvalue weighted by Crippen LogP contribution is 2.09. The first-order valence-electron chi connectivity index (χ1n) is 9.59. The Morgan fingerprint density at radius 2 is 1.60 bits per heavy atom. The van der Waals surface area contributed by atoms with Crippen molar-refractivity contribution in [1.29, 1.82) is 0 Å². The number of hydrogen-bond acceptors (Lipinski definition) is 4. The molecule has 146 valence electrons. The minimum atomic E-state index is -1.19. The normalized spacial score (nSPS) is 13.1. The van der Waals surface area contributed by atoms with Crippen LogP contribution in [0.1, 0.15) is 71.1 Å². The van der Waals surface area contributed by atoms with Crippen LogP contribution < -0.4 is 5.11 Å². The zero-order chi connectivity index (χ0) is 19.1. The highest BCUT2D eigenvalue weighted by atomic mass is 16.5. The van der Waals surface area contributed by atoms with Crippen molar-refractivity contribution in [3.05, 3.63) is 12.2 Å². The summed E-state index contributed by atoms with van der Waals surface area (Å²) in [5.74, 6) is -1.51. The third kappa shape index (κ3) is 17.3. The summed E-state index contributed by atoms with van der Waals surface area (Å²) < 4.78 is 5.85. The molecule has 0 saturated heterocycles. The molecule has 5 heteroatoms. The maximum absolute atomic E-state index is 11.9. The van der Waals surface area contributed by atoms with Crippen LogP contribution in [0.2, 0.25) is 0 Å². The second-order valence-electron chi connectivity index (χ2n) is 7.73. The smallest absolute Gasteiger partial charge is 0.306 e. The van der Waals surface area contributed by atoms with Crippen molar-refractivity contribution in [3.8, 4) is 0 Å². The Hall–Kier alpha value is -1.36. The van der Waals surface area contributed by atoms with E-state index >= 15 is 0 Å². The Balaban J connectivity index is 3.90. The molecule has 0 spiro atoms. The van der Waals surface area contributed by atoms with Gasteiger partial charge in [0.1, 0.15) is 6.54 Å². The van der Waals surface area contributed by atoms with E-state index in [9.17, 15) is 14.7 Å². The van der Waals surface area contributed by atoms with Crippen molar-refractivity contribution in [1.82, 2.24) is 0 Å². The first-order chi connectivity index (χ1) is 11.7. The molecule has 0 aromatic rings. The van der Waals surface area contributed by atoms with Crippen molar-refractivity contribution in [2.45, 2.75) is 77.2 Å². The van der Waals surface area contributed by atoms with E-state index in [1.165, 1.54) is 32.1 Å². The monoisotopic (exact) mass is 355 g/mol. The van der Waals surface area contributed by atoms with Crippen molar-refractivity contribution in [2.24, 2.45) is 0 Å². The van der Waals surface area contributed by atoms with E-state index in [0.29, 0.717) is 17.4 Å². The lowest BCUT2D eigenvalue weighted by molar-refractivity contribution is -0.873. The summed E-state index contributed by atoms with van der Waals surface area (Å²) in [6, 6.07) is 0. The van der Waals surface area contributed by atoms with Gasteiger partial charge in [-0.15, -0.1) is 0 Å². The minimum absolute atomic E-state index is 0.251. The standard InChI is InChI=1S/C20H37NO4/c1-5-6-7-8-9-10-11-12-13-14-15-20(24)25-18(16-19(22)23)17-21(2,3)4/h11-12,18H,5-10,13-17H2,1-4H3/b12-11+. The highest BCUT2D eigenvalue weighted by molar-refractivity contribution is 5.70. The molecular weight excluding hydrogens is 318 g/mol. The summed E-state index contributed by atoms with van der Waals surface area (Å²) in [6.07, 6.45) is 12.9. The average molecular weight is 356 g/mol. The number of likely N-dealkylation sites (N-methyl/N-ethyl adjacent to an activating group) is 1. The maximum atomic E-state index is 11.9. The van der Waals surface area contributed by atoms with E-state index < -0.39 is 12.1 Å². The number of quaternary nitrogens is 1. The molecule has 0 bridgehead atoms. The summed E-state index contributed by atoms with van der Waals surface area (Å²) in [4.78, 5) is 22.7. The van der Waals surface area contributed by atoms with Gasteiger partial charge in [0.25, 0.3) is 0 Å². The summed E-state index contributed by atoms with van der Waals surface area (Å²) in [5.41, 5.74) is 0. The van der Waals surface area contributed by atoms with Crippen molar-refractivity contribution in [2.75, 3.05) is 27.7 Å². The molecular formula is C20H37NO4. The Kier molecular flexibility index (Phi) is 13.1. The zero-order valence-electron chi connectivity index (χ0n) is 16.6. The number of esters is 1. The Bertz CT molecular complexity index is 399. The predicted molar refractivity (Wildman–Crippen MR) is 98.8 cm³/mol. The lowest BCUT2D eigenvalue weighted by Crippen LogP contribution is -2.45. The van der Waals surface area contributed by atoms with Crippen LogP contribution in [-0.2, 0) is 14.3 Å². The molecule has 0 aliphatic carbocycles. The van der Waals surface area contributed by atoms with Crippen molar-refractivity contribution in [3.63, 3.8) is 0 Å². The molecule has 0 N–H and O–H groups in total. The van der Waals surface area contributed by atoms with E-state index in [4.69, 9.17) is 4.74 Å². The van der Waals surface area contributed by atoms with Crippen LogP contribution in [0.4, 0.5) is 0 Å². The lowest BCUT2D eigenvalue weighted by Gasteiger charge is -2.29. The van der Waals surface area contributed by atoms with Gasteiger partial charge < -0.3 is 19.1 Å².